The first-order valence-electron chi connectivity index (χ1n) is 6.26. The Morgan fingerprint density at radius 2 is 2.00 bits per heavy atom. The zero-order chi connectivity index (χ0) is 14.8. The number of hydrogen-bond acceptors (Lipinski definition) is 2. The van der Waals surface area contributed by atoms with Gasteiger partial charge in [-0.1, -0.05) is 0 Å². The van der Waals surface area contributed by atoms with Crippen LogP contribution < -0.4 is 10.6 Å². The molecule has 7 heteroatoms. The van der Waals surface area contributed by atoms with Gasteiger partial charge in [-0.05, 0) is 31.0 Å². The fraction of sp³-hybridized carbons (Fsp3) is 0.462. The van der Waals surface area contributed by atoms with Crippen LogP contribution in [0.5, 0.6) is 0 Å². The average Bonchev–Trinajstić information content (AvgIpc) is 3.14. The smallest absolute Gasteiger partial charge is 0.326 e. The topological polar surface area (TPSA) is 41.1 Å². The third-order valence-electron chi connectivity index (χ3n) is 2.92. The quantitative estimate of drug-likeness (QED) is 0.819. The van der Waals surface area contributed by atoms with E-state index in [2.05, 4.69) is 10.6 Å². The zero-order valence-electron chi connectivity index (χ0n) is 10.6. The number of halogens is 4. The molecule has 1 amide bonds. The predicted octanol–water partition coefficient (Wildman–Crippen LogP) is 2.93. The van der Waals surface area contributed by atoms with E-state index < -0.39 is 23.5 Å². The Hall–Kier alpha value is -1.63. The highest BCUT2D eigenvalue weighted by Gasteiger charge is 2.34. The molecule has 3 nitrogen and oxygen atoms in total. The van der Waals surface area contributed by atoms with Crippen molar-refractivity contribution in [2.24, 2.45) is 0 Å². The standard InChI is InChI=1S/C13H14F4N2O/c14-11-4-3-9(7-10(11)13(15,16)17)19-12(20)5-6-18-8-1-2-8/h3-4,7-8,18H,1-2,5-6H2,(H,19,20). The van der Waals surface area contributed by atoms with Gasteiger partial charge in [0.2, 0.25) is 5.91 Å². The molecular weight excluding hydrogens is 276 g/mol. The first kappa shape index (κ1) is 14.8. The minimum absolute atomic E-state index is 0.0600. The molecule has 0 unspecified atom stereocenters. The summed E-state index contributed by atoms with van der Waals surface area (Å²) in [6.07, 6.45) is -2.43. The van der Waals surface area contributed by atoms with Crippen LogP contribution in [0.3, 0.4) is 0 Å². The lowest BCUT2D eigenvalue weighted by Gasteiger charge is -2.11. The van der Waals surface area contributed by atoms with Crippen molar-refractivity contribution in [3.05, 3.63) is 29.6 Å². The van der Waals surface area contributed by atoms with E-state index in [1.807, 2.05) is 0 Å². The van der Waals surface area contributed by atoms with E-state index in [0.717, 1.165) is 18.9 Å². The van der Waals surface area contributed by atoms with Crippen LogP contribution in [0, 0.1) is 5.82 Å². The maximum absolute atomic E-state index is 13.1. The molecule has 0 spiro atoms. The first-order valence-corrected chi connectivity index (χ1v) is 6.26. The van der Waals surface area contributed by atoms with Gasteiger partial charge in [-0.15, -0.1) is 0 Å². The Morgan fingerprint density at radius 1 is 1.30 bits per heavy atom. The van der Waals surface area contributed by atoms with Gasteiger partial charge in [0.05, 0.1) is 5.56 Å². The summed E-state index contributed by atoms with van der Waals surface area (Å²) in [7, 11) is 0. The molecule has 1 aliphatic carbocycles. The van der Waals surface area contributed by atoms with E-state index in [-0.39, 0.29) is 12.1 Å². The number of hydrogen-bond donors (Lipinski definition) is 2. The molecule has 1 saturated carbocycles. The third-order valence-corrected chi connectivity index (χ3v) is 2.92. The van der Waals surface area contributed by atoms with Crippen molar-refractivity contribution in [1.82, 2.24) is 5.32 Å². The number of rotatable bonds is 5. The molecule has 1 aliphatic rings. The van der Waals surface area contributed by atoms with Crippen LogP contribution in [0.25, 0.3) is 0 Å². The lowest BCUT2D eigenvalue weighted by Crippen LogP contribution is -2.23. The van der Waals surface area contributed by atoms with E-state index >= 15 is 0 Å². The molecule has 2 rings (SSSR count). The Balaban J connectivity index is 1.92. The molecule has 20 heavy (non-hydrogen) atoms. The van der Waals surface area contributed by atoms with Crippen molar-refractivity contribution in [3.63, 3.8) is 0 Å². The number of carbonyl (C=O) groups is 1. The summed E-state index contributed by atoms with van der Waals surface area (Å²) in [6, 6.07) is 2.87. The fourth-order valence-electron chi connectivity index (χ4n) is 1.72. The van der Waals surface area contributed by atoms with Gasteiger partial charge < -0.3 is 10.6 Å². The summed E-state index contributed by atoms with van der Waals surface area (Å²) in [5.74, 6) is -1.76. The van der Waals surface area contributed by atoms with E-state index in [9.17, 15) is 22.4 Å². The molecule has 0 aliphatic heterocycles. The summed E-state index contributed by atoms with van der Waals surface area (Å²) in [6.45, 7) is 0.476. The summed E-state index contributed by atoms with van der Waals surface area (Å²) in [5, 5.41) is 5.45. The summed E-state index contributed by atoms with van der Waals surface area (Å²) in [4.78, 5) is 11.5. The van der Waals surface area contributed by atoms with E-state index in [1.165, 1.54) is 0 Å². The molecule has 1 aromatic rings. The molecule has 0 bridgehead atoms. The molecule has 1 fully saturated rings. The molecule has 2 N–H and O–H groups in total. The minimum atomic E-state index is -4.78. The highest BCUT2D eigenvalue weighted by atomic mass is 19.4. The van der Waals surface area contributed by atoms with Crippen molar-refractivity contribution >= 4 is 11.6 Å². The van der Waals surface area contributed by atoms with Gasteiger partial charge in [0, 0.05) is 24.7 Å². The van der Waals surface area contributed by atoms with Crippen LogP contribution in [0.2, 0.25) is 0 Å². The highest BCUT2D eigenvalue weighted by Crippen LogP contribution is 2.32. The van der Waals surface area contributed by atoms with Gasteiger partial charge >= 0.3 is 6.18 Å². The monoisotopic (exact) mass is 290 g/mol. The van der Waals surface area contributed by atoms with E-state index in [0.29, 0.717) is 24.7 Å². The summed E-state index contributed by atoms with van der Waals surface area (Å²) >= 11 is 0. The summed E-state index contributed by atoms with van der Waals surface area (Å²) < 4.78 is 50.6. The molecule has 110 valence electrons. The van der Waals surface area contributed by atoms with Gasteiger partial charge in [-0.25, -0.2) is 4.39 Å². The van der Waals surface area contributed by atoms with Gasteiger partial charge in [0.15, 0.2) is 0 Å². The number of amides is 1. The molecule has 0 radical (unpaired) electrons. The molecule has 0 saturated heterocycles. The normalized spacial score (nSPS) is 15.2. The number of nitrogens with one attached hydrogen (secondary N) is 2. The maximum atomic E-state index is 13.1. The Bertz CT molecular complexity index is 498. The van der Waals surface area contributed by atoms with E-state index in [1.54, 1.807) is 0 Å². The second kappa shape index (κ2) is 5.78. The first-order chi connectivity index (χ1) is 9.36. The number of carbonyl (C=O) groups excluding carboxylic acids is 1. The summed E-state index contributed by atoms with van der Waals surface area (Å²) in [5.41, 5.74) is -1.44. The lowest BCUT2D eigenvalue weighted by atomic mass is 10.1. The Kier molecular flexibility index (Phi) is 4.27. The van der Waals surface area contributed by atoms with Crippen molar-refractivity contribution in [2.45, 2.75) is 31.5 Å². The van der Waals surface area contributed by atoms with Crippen molar-refractivity contribution < 1.29 is 22.4 Å². The Labute approximate surface area is 113 Å². The molecule has 0 heterocycles. The molecule has 1 aromatic carbocycles. The fourth-order valence-corrected chi connectivity index (χ4v) is 1.72. The lowest BCUT2D eigenvalue weighted by molar-refractivity contribution is -0.140. The Morgan fingerprint density at radius 3 is 2.60 bits per heavy atom. The number of anilines is 1. The SMILES string of the molecule is O=C(CCNC1CC1)Nc1ccc(F)c(C(F)(F)F)c1. The van der Waals surface area contributed by atoms with E-state index in [4.69, 9.17) is 0 Å². The third kappa shape index (κ3) is 4.19. The maximum Gasteiger partial charge on any atom is 0.419 e. The van der Waals surface area contributed by atoms with Crippen LogP contribution in [0.4, 0.5) is 23.2 Å². The van der Waals surface area contributed by atoms with Crippen LogP contribution in [-0.4, -0.2) is 18.5 Å². The van der Waals surface area contributed by atoms with Crippen LogP contribution >= 0.6 is 0 Å². The van der Waals surface area contributed by atoms with Crippen molar-refractivity contribution in [3.8, 4) is 0 Å². The largest absolute Gasteiger partial charge is 0.419 e. The molecule has 0 aromatic heterocycles. The second-order valence-electron chi connectivity index (χ2n) is 4.72. The van der Waals surface area contributed by atoms with Gasteiger partial charge in [-0.2, -0.15) is 13.2 Å². The predicted molar refractivity (Wildman–Crippen MR) is 65.7 cm³/mol. The van der Waals surface area contributed by atoms with Crippen LogP contribution in [0.15, 0.2) is 18.2 Å². The molecular formula is C13H14F4N2O. The van der Waals surface area contributed by atoms with Gasteiger partial charge in [-0.3, -0.25) is 4.79 Å². The second-order valence-corrected chi connectivity index (χ2v) is 4.72. The van der Waals surface area contributed by atoms with Crippen molar-refractivity contribution in [2.75, 3.05) is 11.9 Å². The zero-order valence-corrected chi connectivity index (χ0v) is 10.6. The number of benzene rings is 1. The highest BCUT2D eigenvalue weighted by molar-refractivity contribution is 5.90. The minimum Gasteiger partial charge on any atom is -0.326 e. The van der Waals surface area contributed by atoms with Crippen LogP contribution in [-0.2, 0) is 11.0 Å². The van der Waals surface area contributed by atoms with Crippen molar-refractivity contribution in [1.29, 1.82) is 0 Å². The average molecular weight is 290 g/mol. The number of alkyl halides is 3. The van der Waals surface area contributed by atoms with Gasteiger partial charge in [0.1, 0.15) is 5.82 Å². The molecule has 0 atom stereocenters. The van der Waals surface area contributed by atoms with Crippen LogP contribution in [0.1, 0.15) is 24.8 Å². The van der Waals surface area contributed by atoms with Gasteiger partial charge in [0.25, 0.3) is 0 Å².